The van der Waals surface area contributed by atoms with E-state index in [0.29, 0.717) is 5.92 Å². The molecular weight excluding hydrogens is 612 g/mol. The van der Waals surface area contributed by atoms with Gasteiger partial charge in [0.15, 0.2) is 0 Å². The molecule has 0 bridgehead atoms. The minimum absolute atomic E-state index is 0. The number of rotatable bonds is 3. The summed E-state index contributed by atoms with van der Waals surface area (Å²) in [6, 6.07) is 33.9. The zero-order valence-electron chi connectivity index (χ0n) is 27.7. The second-order valence-corrected chi connectivity index (χ2v) is 11.8. The molecule has 0 fully saturated rings. The van der Waals surface area contributed by atoms with Crippen LogP contribution in [0.4, 0.5) is 0 Å². The zero-order chi connectivity index (χ0) is 29.8. The van der Waals surface area contributed by atoms with Crippen molar-refractivity contribution in [3.63, 3.8) is 0 Å². The molecule has 0 saturated carbocycles. The maximum atomic E-state index is 3.06. The molecule has 6 aromatic rings. The predicted octanol–water partition coefficient (Wildman–Crippen LogP) is 11.9. The normalized spacial score (nSPS) is 10.3. The molecule has 0 saturated heterocycles. The van der Waals surface area contributed by atoms with Crippen molar-refractivity contribution in [2.24, 2.45) is 0 Å². The Hall–Kier alpha value is -2.80. The van der Waals surface area contributed by atoms with E-state index in [1.807, 2.05) is 0 Å². The van der Waals surface area contributed by atoms with Gasteiger partial charge in [-0.05, 0) is 44.7 Å². The SMILES string of the molecule is Cc1cc(C)cc(-c2ccc(C)c3[cH-]c(C)cc23)c1.Cc1cc(C)cc(-c2cccc3[cH-]c(C(C)C)cc23)c1.[CH3-].[CH3-].[Si]=[Zr]. The molecule has 0 unspecified atom stereocenters. The number of fused-ring (bicyclic) bond motifs is 2. The van der Waals surface area contributed by atoms with E-state index in [1.165, 1.54) is 106 Å². The first-order valence-corrected chi connectivity index (χ1v) is 18.6. The summed E-state index contributed by atoms with van der Waals surface area (Å²) in [5, 5.41) is 5.49. The molecular formula is C41H46SiZr-4. The third-order valence-electron chi connectivity index (χ3n) is 7.75. The Morgan fingerprint density at radius 3 is 1.60 bits per heavy atom. The Morgan fingerprint density at radius 2 is 1.09 bits per heavy atom. The fourth-order valence-corrected chi connectivity index (χ4v) is 5.94. The van der Waals surface area contributed by atoms with Crippen molar-refractivity contribution >= 4 is 28.4 Å². The summed E-state index contributed by atoms with van der Waals surface area (Å²) >= 11 is 1.36. The summed E-state index contributed by atoms with van der Waals surface area (Å²) in [7, 11) is 0. The van der Waals surface area contributed by atoms with Gasteiger partial charge in [0.1, 0.15) is 0 Å². The Morgan fingerprint density at radius 1 is 0.581 bits per heavy atom. The fourth-order valence-electron chi connectivity index (χ4n) is 5.94. The van der Waals surface area contributed by atoms with E-state index in [4.69, 9.17) is 0 Å². The van der Waals surface area contributed by atoms with Crippen LogP contribution in [0.3, 0.4) is 0 Å². The summed E-state index contributed by atoms with van der Waals surface area (Å²) in [5.74, 6) is 0.578. The molecule has 6 aromatic carbocycles. The standard InChI is InChI=1S/C20H21.C19H19.2CH3.Si.Zr/c1-13(2)17-11-16-6-5-7-19(20(16)12-17)18-9-14(3)8-15(4)10-18;1-12-7-13(2)9-16(8-12)17-6-5-15(4)18-10-14(3)11-19(17)18;;;;/h5-13H,1-4H3;5-11H,1-4H3;2*1H3;;/q4*-1;;. The first-order chi connectivity index (χ1) is 19.6. The van der Waals surface area contributed by atoms with Crippen LogP contribution >= 0.6 is 0 Å². The number of benzene rings is 4. The van der Waals surface area contributed by atoms with E-state index in [-0.39, 0.29) is 14.9 Å². The summed E-state index contributed by atoms with van der Waals surface area (Å²) in [6.45, 7) is 20.6. The van der Waals surface area contributed by atoms with Crippen molar-refractivity contribution in [3.8, 4) is 22.3 Å². The topological polar surface area (TPSA) is 0 Å². The van der Waals surface area contributed by atoms with Crippen molar-refractivity contribution < 1.29 is 23.3 Å². The van der Waals surface area contributed by atoms with Crippen LogP contribution in [0.1, 0.15) is 58.7 Å². The van der Waals surface area contributed by atoms with Gasteiger partial charge in [0.05, 0.1) is 0 Å². The minimum atomic E-state index is 0. The Kier molecular flexibility index (Phi) is 13.4. The molecule has 0 aliphatic rings. The summed E-state index contributed by atoms with van der Waals surface area (Å²) in [5.41, 5.74) is 14.8. The molecule has 2 radical (unpaired) electrons. The molecule has 0 atom stereocenters. The second-order valence-electron chi connectivity index (χ2n) is 11.8. The van der Waals surface area contributed by atoms with E-state index in [9.17, 15) is 0 Å². The summed E-state index contributed by atoms with van der Waals surface area (Å²) < 4.78 is 0. The average Bonchev–Trinajstić information content (AvgIpc) is 3.53. The third-order valence-corrected chi connectivity index (χ3v) is 7.75. The van der Waals surface area contributed by atoms with Gasteiger partial charge in [0.25, 0.3) is 0 Å². The molecule has 0 nitrogen and oxygen atoms in total. The van der Waals surface area contributed by atoms with Crippen molar-refractivity contribution in [3.05, 3.63) is 145 Å². The summed E-state index contributed by atoms with van der Waals surface area (Å²) in [6.07, 6.45) is 0. The first-order valence-electron chi connectivity index (χ1n) is 14.4. The van der Waals surface area contributed by atoms with Crippen LogP contribution in [0.15, 0.2) is 91.0 Å². The van der Waals surface area contributed by atoms with Gasteiger partial charge in [-0.3, -0.25) is 0 Å². The zero-order valence-corrected chi connectivity index (χ0v) is 31.2. The van der Waals surface area contributed by atoms with Crippen LogP contribution in [-0.2, 0) is 23.3 Å². The average molecular weight is 658 g/mol. The van der Waals surface area contributed by atoms with Crippen LogP contribution in [0, 0.1) is 56.4 Å². The summed E-state index contributed by atoms with van der Waals surface area (Å²) in [4.78, 5) is 0. The van der Waals surface area contributed by atoms with Gasteiger partial charge in [-0.15, -0.1) is 68.6 Å². The molecule has 0 aliphatic heterocycles. The molecule has 43 heavy (non-hydrogen) atoms. The van der Waals surface area contributed by atoms with E-state index < -0.39 is 0 Å². The first kappa shape index (κ1) is 36.4. The third kappa shape index (κ3) is 8.43. The van der Waals surface area contributed by atoms with Crippen LogP contribution in [-0.4, -0.2) is 6.88 Å². The Bertz CT molecular complexity index is 1770. The van der Waals surface area contributed by atoms with Gasteiger partial charge in [0, 0.05) is 0 Å². The Labute approximate surface area is 278 Å². The van der Waals surface area contributed by atoms with Crippen LogP contribution < -0.4 is 0 Å². The monoisotopic (exact) mass is 656 g/mol. The van der Waals surface area contributed by atoms with Crippen molar-refractivity contribution in [1.29, 1.82) is 0 Å². The van der Waals surface area contributed by atoms with Crippen LogP contribution in [0.2, 0.25) is 0 Å². The maximum absolute atomic E-state index is 3.06. The van der Waals surface area contributed by atoms with E-state index in [1.54, 1.807) is 0 Å². The van der Waals surface area contributed by atoms with Gasteiger partial charge in [-0.25, -0.2) is 0 Å². The number of hydrogen-bond acceptors (Lipinski definition) is 0. The van der Waals surface area contributed by atoms with Crippen LogP contribution in [0.25, 0.3) is 43.8 Å². The van der Waals surface area contributed by atoms with Gasteiger partial charge in [-0.1, -0.05) is 110 Å². The molecule has 0 amide bonds. The molecule has 0 heterocycles. The van der Waals surface area contributed by atoms with Gasteiger partial charge in [0.2, 0.25) is 0 Å². The molecule has 2 heteroatoms. The van der Waals surface area contributed by atoms with Crippen LogP contribution in [0.5, 0.6) is 0 Å². The fraction of sp³-hybridized carbons (Fsp3) is 0.220. The molecule has 0 spiro atoms. The van der Waals surface area contributed by atoms with E-state index >= 15 is 0 Å². The quantitative estimate of drug-likeness (QED) is 0.131. The number of hydrogen-bond donors (Lipinski definition) is 0. The van der Waals surface area contributed by atoms with Gasteiger partial charge in [-0.2, -0.15) is 12.1 Å². The second kappa shape index (κ2) is 15.8. The molecule has 222 valence electrons. The molecule has 0 N–H and O–H groups in total. The van der Waals surface area contributed by atoms with Gasteiger partial charge < -0.3 is 14.9 Å². The Balaban J connectivity index is 0.000000272. The van der Waals surface area contributed by atoms with Crippen molar-refractivity contribution in [2.75, 3.05) is 0 Å². The molecule has 0 aliphatic carbocycles. The van der Waals surface area contributed by atoms with Crippen molar-refractivity contribution in [1.82, 2.24) is 0 Å². The predicted molar refractivity (Wildman–Crippen MR) is 191 cm³/mol. The number of aryl methyl sites for hydroxylation is 6. The molecule has 6 rings (SSSR count). The molecule has 0 aromatic heterocycles. The van der Waals surface area contributed by atoms with Crippen molar-refractivity contribution in [2.45, 2.75) is 61.3 Å². The van der Waals surface area contributed by atoms with Gasteiger partial charge >= 0.3 is 30.2 Å². The van der Waals surface area contributed by atoms with E-state index in [2.05, 4.69) is 153 Å². The van der Waals surface area contributed by atoms with E-state index in [0.717, 1.165) is 0 Å².